The molecule has 4 rings (SSSR count). The number of hydrogen-bond donors (Lipinski definition) is 1. The minimum atomic E-state index is -3.25. The molecule has 2 aromatic rings. The van der Waals surface area contributed by atoms with E-state index in [2.05, 4.69) is 10.3 Å². The van der Waals surface area contributed by atoms with E-state index in [1.807, 2.05) is 11.4 Å². The molecule has 1 amide bonds. The van der Waals surface area contributed by atoms with Gasteiger partial charge < -0.3 is 5.32 Å². The molecule has 5 nitrogen and oxygen atoms in total. The molecule has 0 aromatic carbocycles. The number of nitrogens with one attached hydrogen (secondary N) is 1. The topological polar surface area (TPSA) is 76.1 Å². The maximum absolute atomic E-state index is 13.2. The van der Waals surface area contributed by atoms with Gasteiger partial charge in [-0.15, -0.1) is 22.7 Å². The molecule has 0 radical (unpaired) electrons. The van der Waals surface area contributed by atoms with E-state index in [4.69, 9.17) is 0 Å². The van der Waals surface area contributed by atoms with Gasteiger partial charge in [0.05, 0.1) is 5.41 Å². The number of carbonyl (C=O) groups excluding carboxylic acids is 1. The van der Waals surface area contributed by atoms with Gasteiger partial charge >= 0.3 is 0 Å². The van der Waals surface area contributed by atoms with Crippen molar-refractivity contribution in [3.63, 3.8) is 0 Å². The van der Waals surface area contributed by atoms with Crippen molar-refractivity contribution in [1.29, 1.82) is 0 Å². The third-order valence-electron chi connectivity index (χ3n) is 5.64. The van der Waals surface area contributed by atoms with Crippen LogP contribution in [0, 0.1) is 11.8 Å². The summed E-state index contributed by atoms with van der Waals surface area (Å²) in [5, 5.41) is 5.38. The lowest BCUT2D eigenvalue weighted by molar-refractivity contribution is -0.118. The molecule has 26 heavy (non-hydrogen) atoms. The molecular weight excluding hydrogens is 388 g/mol. The summed E-state index contributed by atoms with van der Waals surface area (Å²) in [7, 11) is -3.25. The second kappa shape index (κ2) is 6.73. The van der Waals surface area contributed by atoms with Crippen molar-refractivity contribution < 1.29 is 13.2 Å². The average molecular weight is 411 g/mol. The van der Waals surface area contributed by atoms with Gasteiger partial charge in [-0.25, -0.2) is 13.4 Å². The van der Waals surface area contributed by atoms with Crippen molar-refractivity contribution >= 4 is 43.5 Å². The first-order valence-electron chi connectivity index (χ1n) is 8.91. The molecule has 140 valence electrons. The Morgan fingerprint density at radius 2 is 2.12 bits per heavy atom. The van der Waals surface area contributed by atoms with E-state index in [-0.39, 0.29) is 11.8 Å². The van der Waals surface area contributed by atoms with Crippen LogP contribution >= 0.6 is 22.7 Å². The zero-order valence-corrected chi connectivity index (χ0v) is 17.1. The molecule has 2 unspecified atom stereocenters. The number of rotatable bonds is 6. The smallest absolute Gasteiger partial charge is 0.237 e. The Kier molecular flexibility index (Phi) is 4.69. The summed E-state index contributed by atoms with van der Waals surface area (Å²) in [6.45, 7) is 0. The number of thiazole rings is 1. The molecule has 2 saturated carbocycles. The summed E-state index contributed by atoms with van der Waals surface area (Å²) < 4.78 is 24.1. The predicted molar refractivity (Wildman–Crippen MR) is 105 cm³/mol. The van der Waals surface area contributed by atoms with Crippen molar-refractivity contribution in [2.45, 2.75) is 48.1 Å². The summed E-state index contributed by atoms with van der Waals surface area (Å²) in [6, 6.07) is 3.47. The van der Waals surface area contributed by atoms with E-state index in [0.717, 1.165) is 17.7 Å². The lowest BCUT2D eigenvalue weighted by Gasteiger charge is -2.17. The van der Waals surface area contributed by atoms with Gasteiger partial charge in [-0.2, -0.15) is 0 Å². The molecule has 0 spiro atoms. The van der Waals surface area contributed by atoms with Crippen molar-refractivity contribution in [2.24, 2.45) is 11.8 Å². The van der Waals surface area contributed by atoms with E-state index < -0.39 is 15.3 Å². The first-order chi connectivity index (χ1) is 12.4. The Labute approximate surface area is 161 Å². The van der Waals surface area contributed by atoms with Crippen LogP contribution in [-0.4, -0.2) is 25.6 Å². The first kappa shape index (κ1) is 18.1. The van der Waals surface area contributed by atoms with Crippen LogP contribution in [0.2, 0.25) is 0 Å². The average Bonchev–Trinajstić information content (AvgIpc) is 3.11. The van der Waals surface area contributed by atoms with Gasteiger partial charge in [0.15, 0.2) is 15.0 Å². The SMILES string of the molecule is CS(=O)(=O)c1ccc(C2(C(=O)Nc3nccs3)CC2CC2CCCC2)s1. The minimum Gasteiger partial charge on any atom is -0.301 e. The highest BCUT2D eigenvalue weighted by molar-refractivity contribution is 7.92. The number of anilines is 1. The second-order valence-corrected chi connectivity index (χ2v) is 11.7. The zero-order chi connectivity index (χ0) is 18.4. The zero-order valence-electron chi connectivity index (χ0n) is 14.6. The standard InChI is InChI=1S/C18H22N2O3S3/c1-26(22,23)15-7-6-14(25-15)18(16(21)20-17-19-8-9-24-17)11-13(18)10-12-4-2-3-5-12/h6-9,12-13H,2-5,10-11H2,1H3,(H,19,20,21). The first-order valence-corrected chi connectivity index (χ1v) is 12.5. The summed E-state index contributed by atoms with van der Waals surface area (Å²) in [6.07, 6.45) is 9.80. The maximum atomic E-state index is 13.2. The number of hydrogen-bond acceptors (Lipinski definition) is 6. The van der Waals surface area contributed by atoms with Crippen molar-refractivity contribution in [3.8, 4) is 0 Å². The highest BCUT2D eigenvalue weighted by atomic mass is 32.2. The number of aromatic nitrogens is 1. The number of nitrogens with zero attached hydrogens (tertiary/aromatic N) is 1. The Bertz CT molecular complexity index is 898. The summed E-state index contributed by atoms with van der Waals surface area (Å²) in [4.78, 5) is 18.2. The molecule has 0 aliphatic heterocycles. The molecule has 2 aromatic heterocycles. The number of carbonyl (C=O) groups is 1. The largest absolute Gasteiger partial charge is 0.301 e. The van der Waals surface area contributed by atoms with Crippen LogP contribution in [-0.2, 0) is 20.0 Å². The summed E-state index contributed by atoms with van der Waals surface area (Å²) in [5.41, 5.74) is -0.595. The van der Waals surface area contributed by atoms with Crippen LogP contribution in [0.15, 0.2) is 27.9 Å². The fraction of sp³-hybridized carbons (Fsp3) is 0.556. The van der Waals surface area contributed by atoms with E-state index in [9.17, 15) is 13.2 Å². The van der Waals surface area contributed by atoms with Gasteiger partial charge in [-0.1, -0.05) is 25.7 Å². The molecule has 2 aliphatic rings. The van der Waals surface area contributed by atoms with E-state index in [0.29, 0.717) is 15.3 Å². The van der Waals surface area contributed by atoms with Gasteiger partial charge in [0.1, 0.15) is 4.21 Å². The molecule has 2 aliphatic carbocycles. The fourth-order valence-corrected chi connectivity index (χ4v) is 6.94. The molecule has 1 N–H and O–H groups in total. The summed E-state index contributed by atoms with van der Waals surface area (Å²) >= 11 is 2.64. The van der Waals surface area contributed by atoms with Gasteiger partial charge in [-0.3, -0.25) is 4.79 Å². The van der Waals surface area contributed by atoms with Crippen molar-refractivity contribution in [1.82, 2.24) is 4.98 Å². The number of thiophene rings is 1. The van der Waals surface area contributed by atoms with Gasteiger partial charge in [-0.05, 0) is 36.8 Å². The molecule has 2 fully saturated rings. The quantitative estimate of drug-likeness (QED) is 0.778. The molecule has 2 atom stereocenters. The Morgan fingerprint density at radius 3 is 2.73 bits per heavy atom. The number of amides is 1. The predicted octanol–water partition coefficient (Wildman–Crippen LogP) is 4.08. The Balaban J connectivity index is 1.61. The fourth-order valence-electron chi connectivity index (χ4n) is 4.21. The van der Waals surface area contributed by atoms with Gasteiger partial charge in [0.25, 0.3) is 0 Å². The van der Waals surface area contributed by atoms with Gasteiger partial charge in [0, 0.05) is 22.7 Å². The lowest BCUT2D eigenvalue weighted by Crippen LogP contribution is -2.29. The normalized spacial score (nSPS) is 26.1. The molecule has 0 saturated heterocycles. The summed E-state index contributed by atoms with van der Waals surface area (Å²) in [5.74, 6) is 0.942. The molecule has 8 heteroatoms. The number of sulfone groups is 1. The van der Waals surface area contributed by atoms with Gasteiger partial charge in [0.2, 0.25) is 5.91 Å². The molecular formula is C18H22N2O3S3. The third kappa shape index (κ3) is 3.34. The van der Waals surface area contributed by atoms with Crippen LogP contribution in [0.5, 0.6) is 0 Å². The van der Waals surface area contributed by atoms with Crippen LogP contribution in [0.3, 0.4) is 0 Å². The maximum Gasteiger partial charge on any atom is 0.237 e. The molecule has 2 heterocycles. The van der Waals surface area contributed by atoms with Crippen LogP contribution in [0.1, 0.15) is 43.4 Å². The Hall–Kier alpha value is -1.25. The molecule has 0 bridgehead atoms. The minimum absolute atomic E-state index is 0.0441. The van der Waals surface area contributed by atoms with Crippen molar-refractivity contribution in [3.05, 3.63) is 28.6 Å². The monoisotopic (exact) mass is 410 g/mol. The van der Waals surface area contributed by atoms with Crippen LogP contribution < -0.4 is 5.32 Å². The Morgan fingerprint density at radius 1 is 1.35 bits per heavy atom. The lowest BCUT2D eigenvalue weighted by atomic mass is 9.93. The van der Waals surface area contributed by atoms with Crippen molar-refractivity contribution in [2.75, 3.05) is 11.6 Å². The highest BCUT2D eigenvalue weighted by Gasteiger charge is 2.62. The van der Waals surface area contributed by atoms with E-state index >= 15 is 0 Å². The third-order valence-corrected chi connectivity index (χ3v) is 9.41. The van der Waals surface area contributed by atoms with Crippen LogP contribution in [0.4, 0.5) is 5.13 Å². The van der Waals surface area contributed by atoms with E-state index in [1.54, 1.807) is 12.3 Å². The highest BCUT2D eigenvalue weighted by Crippen LogP contribution is 2.60. The second-order valence-electron chi connectivity index (χ2n) is 7.44. The van der Waals surface area contributed by atoms with E-state index in [1.165, 1.54) is 54.6 Å². The van der Waals surface area contributed by atoms with Crippen LogP contribution in [0.25, 0.3) is 0 Å².